The van der Waals surface area contributed by atoms with Crippen LogP contribution in [0.3, 0.4) is 0 Å². The summed E-state index contributed by atoms with van der Waals surface area (Å²) in [6, 6.07) is 17.4. The highest BCUT2D eigenvalue weighted by Crippen LogP contribution is 2.22. The van der Waals surface area contributed by atoms with Crippen molar-refractivity contribution in [1.29, 1.82) is 0 Å². The summed E-state index contributed by atoms with van der Waals surface area (Å²) in [7, 11) is 1.67. The van der Waals surface area contributed by atoms with Crippen LogP contribution in [0.5, 0.6) is 11.5 Å². The van der Waals surface area contributed by atoms with Gasteiger partial charge in [-0.05, 0) is 47.3 Å². The molecule has 1 saturated heterocycles. The van der Waals surface area contributed by atoms with Crippen molar-refractivity contribution in [2.24, 2.45) is 0 Å². The van der Waals surface area contributed by atoms with Gasteiger partial charge in [-0.15, -0.1) is 11.3 Å². The van der Waals surface area contributed by atoms with Gasteiger partial charge in [0.05, 0.1) is 12.0 Å². The molecular formula is C24H25ClN2O3S. The Kier molecular flexibility index (Phi) is 7.12. The number of ether oxygens (including phenoxy) is 2. The topological polar surface area (TPSA) is 42.0 Å². The normalized spacial score (nSPS) is 14.5. The summed E-state index contributed by atoms with van der Waals surface area (Å²) in [5.41, 5.74) is 2.25. The largest absolute Gasteiger partial charge is 0.497 e. The zero-order valence-corrected chi connectivity index (χ0v) is 19.0. The number of amides is 1. The van der Waals surface area contributed by atoms with Crippen molar-refractivity contribution in [3.8, 4) is 11.5 Å². The molecule has 0 atom stereocenters. The fraction of sp³-hybridized carbons (Fsp3) is 0.292. The molecule has 7 heteroatoms. The summed E-state index contributed by atoms with van der Waals surface area (Å²) in [6.07, 6.45) is 0. The third-order valence-electron chi connectivity index (χ3n) is 5.29. The van der Waals surface area contributed by atoms with Gasteiger partial charge >= 0.3 is 0 Å². The average molecular weight is 457 g/mol. The van der Waals surface area contributed by atoms with Crippen LogP contribution in [-0.4, -0.2) is 49.0 Å². The Balaban J connectivity index is 1.26. The minimum atomic E-state index is 0.100. The standard InChI is InChI=1S/C24H25ClN2O3S/c1-29-21-7-5-18(6-8-21)15-26-9-11-27(12-10-26)24(28)23-13-19(17-31-23)16-30-22-4-2-3-20(25)14-22/h2-8,13-14,17H,9-12,15-16H2,1H3. The van der Waals surface area contributed by atoms with Crippen LogP contribution in [0, 0.1) is 0 Å². The van der Waals surface area contributed by atoms with Crippen LogP contribution < -0.4 is 9.47 Å². The van der Waals surface area contributed by atoms with E-state index in [9.17, 15) is 4.79 Å². The van der Waals surface area contributed by atoms with Gasteiger partial charge in [0.1, 0.15) is 18.1 Å². The number of hydrogen-bond donors (Lipinski definition) is 0. The van der Waals surface area contributed by atoms with Gasteiger partial charge in [0.15, 0.2) is 0 Å². The molecule has 1 aliphatic rings. The van der Waals surface area contributed by atoms with E-state index < -0.39 is 0 Å². The van der Waals surface area contributed by atoms with Crippen molar-refractivity contribution in [1.82, 2.24) is 9.80 Å². The van der Waals surface area contributed by atoms with Crippen molar-refractivity contribution >= 4 is 28.8 Å². The minimum Gasteiger partial charge on any atom is -0.497 e. The summed E-state index contributed by atoms with van der Waals surface area (Å²) in [5.74, 6) is 1.69. The number of hydrogen-bond acceptors (Lipinski definition) is 5. The van der Waals surface area contributed by atoms with Crippen molar-refractivity contribution in [2.45, 2.75) is 13.2 Å². The molecule has 0 bridgehead atoms. The van der Waals surface area contributed by atoms with Gasteiger partial charge in [-0.25, -0.2) is 0 Å². The Bertz CT molecular complexity index is 1010. The van der Waals surface area contributed by atoms with Crippen LogP contribution in [0.4, 0.5) is 0 Å². The first-order valence-electron chi connectivity index (χ1n) is 10.2. The fourth-order valence-corrected chi connectivity index (χ4v) is 4.58. The Morgan fingerprint density at radius 1 is 1.00 bits per heavy atom. The van der Waals surface area contributed by atoms with Crippen molar-refractivity contribution < 1.29 is 14.3 Å². The van der Waals surface area contributed by atoms with Crippen LogP contribution in [-0.2, 0) is 13.2 Å². The number of piperazine rings is 1. The van der Waals surface area contributed by atoms with Crippen LogP contribution in [0.1, 0.15) is 20.8 Å². The molecule has 1 amide bonds. The summed E-state index contributed by atoms with van der Waals surface area (Å²) in [4.78, 5) is 18.0. The maximum absolute atomic E-state index is 12.9. The van der Waals surface area contributed by atoms with E-state index in [0.29, 0.717) is 11.6 Å². The van der Waals surface area contributed by atoms with Crippen molar-refractivity contribution in [2.75, 3.05) is 33.3 Å². The first kappa shape index (κ1) is 21.7. The predicted octanol–water partition coefficient (Wildman–Crippen LogP) is 4.95. The molecule has 0 aliphatic carbocycles. The fourth-order valence-electron chi connectivity index (χ4n) is 3.54. The number of benzene rings is 2. The van der Waals surface area contributed by atoms with Gasteiger partial charge in [0.2, 0.25) is 0 Å². The van der Waals surface area contributed by atoms with Gasteiger partial charge in [0.25, 0.3) is 5.91 Å². The molecule has 3 aromatic rings. The molecule has 31 heavy (non-hydrogen) atoms. The van der Waals surface area contributed by atoms with E-state index in [2.05, 4.69) is 17.0 Å². The third-order valence-corrected chi connectivity index (χ3v) is 6.49. The van der Waals surface area contributed by atoms with E-state index in [4.69, 9.17) is 21.1 Å². The van der Waals surface area contributed by atoms with Crippen LogP contribution in [0.15, 0.2) is 60.0 Å². The molecule has 0 saturated carbocycles. The SMILES string of the molecule is COc1ccc(CN2CCN(C(=O)c3cc(COc4cccc(Cl)c4)cs3)CC2)cc1. The molecule has 1 fully saturated rings. The first-order chi connectivity index (χ1) is 15.1. The number of halogens is 1. The Morgan fingerprint density at radius 3 is 2.48 bits per heavy atom. The van der Waals surface area contributed by atoms with Crippen LogP contribution in [0.2, 0.25) is 5.02 Å². The quantitative estimate of drug-likeness (QED) is 0.504. The van der Waals surface area contributed by atoms with Crippen LogP contribution in [0.25, 0.3) is 0 Å². The maximum atomic E-state index is 12.9. The van der Waals surface area contributed by atoms with E-state index in [1.807, 2.05) is 46.7 Å². The molecule has 1 aliphatic heterocycles. The summed E-state index contributed by atoms with van der Waals surface area (Å²) in [6.45, 7) is 4.51. The first-order valence-corrected chi connectivity index (χ1v) is 11.5. The van der Waals surface area contributed by atoms with Gasteiger partial charge in [-0.1, -0.05) is 29.8 Å². The van der Waals surface area contributed by atoms with E-state index in [1.54, 1.807) is 13.2 Å². The van der Waals surface area contributed by atoms with E-state index in [0.717, 1.165) is 54.7 Å². The highest BCUT2D eigenvalue weighted by atomic mass is 35.5. The third kappa shape index (κ3) is 5.79. The number of carbonyl (C=O) groups excluding carboxylic acids is 1. The predicted molar refractivity (Wildman–Crippen MR) is 124 cm³/mol. The summed E-state index contributed by atoms with van der Waals surface area (Å²) < 4.78 is 11.0. The number of rotatable bonds is 7. The summed E-state index contributed by atoms with van der Waals surface area (Å²) >= 11 is 7.46. The molecule has 0 spiro atoms. The second-order valence-corrected chi connectivity index (χ2v) is 8.83. The van der Waals surface area contributed by atoms with Crippen LogP contribution >= 0.6 is 22.9 Å². The van der Waals surface area contributed by atoms with Gasteiger partial charge in [0, 0.05) is 43.3 Å². The van der Waals surface area contributed by atoms with E-state index in [1.165, 1.54) is 16.9 Å². The minimum absolute atomic E-state index is 0.100. The lowest BCUT2D eigenvalue weighted by Gasteiger charge is -2.34. The Labute approximate surface area is 191 Å². The molecule has 0 unspecified atom stereocenters. The number of carbonyl (C=O) groups is 1. The lowest BCUT2D eigenvalue weighted by molar-refractivity contribution is 0.0633. The van der Waals surface area contributed by atoms with E-state index >= 15 is 0 Å². The summed E-state index contributed by atoms with van der Waals surface area (Å²) in [5, 5.41) is 2.63. The number of nitrogens with zero attached hydrogens (tertiary/aromatic N) is 2. The molecule has 1 aromatic heterocycles. The molecule has 0 N–H and O–H groups in total. The van der Waals surface area contributed by atoms with Gasteiger partial charge in [-0.3, -0.25) is 9.69 Å². The molecule has 162 valence electrons. The second-order valence-electron chi connectivity index (χ2n) is 7.48. The lowest BCUT2D eigenvalue weighted by Crippen LogP contribution is -2.48. The Morgan fingerprint density at radius 2 is 1.77 bits per heavy atom. The Hall–Kier alpha value is -2.54. The van der Waals surface area contributed by atoms with Crippen molar-refractivity contribution in [3.05, 3.63) is 81.0 Å². The molecule has 0 radical (unpaired) electrons. The molecule has 2 heterocycles. The highest BCUT2D eigenvalue weighted by Gasteiger charge is 2.23. The molecule has 4 rings (SSSR count). The molecule has 2 aromatic carbocycles. The van der Waals surface area contributed by atoms with E-state index in [-0.39, 0.29) is 5.91 Å². The number of thiophene rings is 1. The second kappa shape index (κ2) is 10.2. The molecule has 5 nitrogen and oxygen atoms in total. The van der Waals surface area contributed by atoms with Crippen molar-refractivity contribution in [3.63, 3.8) is 0 Å². The zero-order valence-electron chi connectivity index (χ0n) is 17.4. The van der Waals surface area contributed by atoms with Gasteiger partial charge in [-0.2, -0.15) is 0 Å². The molecular weight excluding hydrogens is 432 g/mol. The monoisotopic (exact) mass is 456 g/mol. The lowest BCUT2D eigenvalue weighted by atomic mass is 10.2. The smallest absolute Gasteiger partial charge is 0.264 e. The maximum Gasteiger partial charge on any atom is 0.264 e. The zero-order chi connectivity index (χ0) is 21.6. The number of methoxy groups -OCH3 is 1. The average Bonchev–Trinajstić information content (AvgIpc) is 3.27. The highest BCUT2D eigenvalue weighted by molar-refractivity contribution is 7.12. The van der Waals surface area contributed by atoms with Gasteiger partial charge < -0.3 is 14.4 Å².